The maximum Gasteiger partial charge on any atom is 0.250 e. The number of aromatic nitrogens is 4. The van der Waals surface area contributed by atoms with Crippen LogP contribution in [0.2, 0.25) is 0 Å². The molecular formula is C20H22N6O2. The fourth-order valence-electron chi connectivity index (χ4n) is 3.44. The molecule has 3 aromatic rings. The molecule has 0 bridgehead atoms. The third-order valence-electron chi connectivity index (χ3n) is 4.97. The van der Waals surface area contributed by atoms with Gasteiger partial charge in [0.05, 0.1) is 18.5 Å². The Morgan fingerprint density at radius 3 is 2.54 bits per heavy atom. The Bertz CT molecular complexity index is 935. The fraction of sp³-hybridized carbons (Fsp3) is 0.300. The predicted molar refractivity (Wildman–Crippen MR) is 106 cm³/mol. The molecule has 0 spiro atoms. The second-order valence-electron chi connectivity index (χ2n) is 6.68. The summed E-state index contributed by atoms with van der Waals surface area (Å²) in [6, 6.07) is 17.2. The second-order valence-corrected chi connectivity index (χ2v) is 6.68. The lowest BCUT2D eigenvalue weighted by Gasteiger charge is -2.31. The lowest BCUT2D eigenvalue weighted by Crippen LogP contribution is -2.39. The third-order valence-corrected chi connectivity index (χ3v) is 4.97. The Balaban J connectivity index is 1.40. The predicted octanol–water partition coefficient (Wildman–Crippen LogP) is 2.53. The van der Waals surface area contributed by atoms with Crippen molar-refractivity contribution in [1.29, 1.82) is 0 Å². The first-order valence-electron chi connectivity index (χ1n) is 9.29. The van der Waals surface area contributed by atoms with Gasteiger partial charge in [0.25, 0.3) is 0 Å². The minimum atomic E-state index is -0.0535. The zero-order chi connectivity index (χ0) is 19.3. The summed E-state index contributed by atoms with van der Waals surface area (Å²) in [4.78, 5) is 14.8. The molecule has 28 heavy (non-hydrogen) atoms. The monoisotopic (exact) mass is 378 g/mol. The highest BCUT2D eigenvalue weighted by Crippen LogP contribution is 2.27. The first-order chi connectivity index (χ1) is 13.8. The van der Waals surface area contributed by atoms with Gasteiger partial charge in [-0.05, 0) is 47.5 Å². The van der Waals surface area contributed by atoms with Crippen LogP contribution in [0, 0.1) is 5.92 Å². The summed E-state index contributed by atoms with van der Waals surface area (Å²) in [7, 11) is 1.60. The van der Waals surface area contributed by atoms with Gasteiger partial charge in [-0.2, -0.15) is 4.68 Å². The molecule has 2 heterocycles. The topological polar surface area (TPSA) is 85.2 Å². The van der Waals surface area contributed by atoms with E-state index in [1.807, 2.05) is 54.6 Å². The number of amides is 1. The van der Waals surface area contributed by atoms with Crippen LogP contribution in [0.25, 0.3) is 5.69 Å². The molecule has 8 heteroatoms. The Morgan fingerprint density at radius 1 is 1.07 bits per heavy atom. The summed E-state index contributed by atoms with van der Waals surface area (Å²) in [5.41, 5.74) is 1.61. The van der Waals surface area contributed by atoms with Crippen molar-refractivity contribution in [2.45, 2.75) is 12.8 Å². The van der Waals surface area contributed by atoms with E-state index in [0.717, 1.165) is 31.6 Å². The van der Waals surface area contributed by atoms with Crippen molar-refractivity contribution in [2.75, 3.05) is 30.4 Å². The van der Waals surface area contributed by atoms with Crippen LogP contribution < -0.4 is 15.0 Å². The molecule has 1 fully saturated rings. The highest BCUT2D eigenvalue weighted by molar-refractivity contribution is 5.94. The van der Waals surface area contributed by atoms with E-state index in [-0.39, 0.29) is 11.8 Å². The number of rotatable bonds is 5. The van der Waals surface area contributed by atoms with Gasteiger partial charge in [0.2, 0.25) is 11.9 Å². The standard InChI is InChI=1S/C20H22N6O2/c1-28-18-10-6-5-9-17(18)21-19(27)15-11-13-25(14-12-15)20-22-23-24-26(20)16-7-3-2-4-8-16/h2-10,15H,11-14H2,1H3,(H,21,27). The quantitative estimate of drug-likeness (QED) is 0.734. The van der Waals surface area contributed by atoms with Crippen LogP contribution >= 0.6 is 0 Å². The van der Waals surface area contributed by atoms with Crippen molar-refractivity contribution >= 4 is 17.5 Å². The highest BCUT2D eigenvalue weighted by atomic mass is 16.5. The van der Waals surface area contributed by atoms with Gasteiger partial charge in [-0.1, -0.05) is 35.4 Å². The average molecular weight is 378 g/mol. The largest absolute Gasteiger partial charge is 0.495 e. The molecule has 1 saturated heterocycles. The molecule has 0 aliphatic carbocycles. The van der Waals surface area contributed by atoms with Crippen molar-refractivity contribution in [3.8, 4) is 11.4 Å². The summed E-state index contributed by atoms with van der Waals surface area (Å²) in [5.74, 6) is 1.33. The summed E-state index contributed by atoms with van der Waals surface area (Å²) in [6.07, 6.45) is 1.48. The van der Waals surface area contributed by atoms with E-state index < -0.39 is 0 Å². The first kappa shape index (κ1) is 18.0. The van der Waals surface area contributed by atoms with Gasteiger partial charge in [0, 0.05) is 19.0 Å². The maximum atomic E-state index is 12.7. The van der Waals surface area contributed by atoms with Crippen LogP contribution in [0.5, 0.6) is 5.75 Å². The van der Waals surface area contributed by atoms with E-state index in [2.05, 4.69) is 25.7 Å². The molecule has 1 amide bonds. The van der Waals surface area contributed by atoms with E-state index in [0.29, 0.717) is 17.4 Å². The Labute approximate surface area is 163 Å². The van der Waals surface area contributed by atoms with E-state index >= 15 is 0 Å². The Hall–Kier alpha value is -3.42. The molecule has 0 saturated carbocycles. The number of anilines is 2. The zero-order valence-electron chi connectivity index (χ0n) is 15.7. The van der Waals surface area contributed by atoms with E-state index in [9.17, 15) is 4.79 Å². The SMILES string of the molecule is COc1ccccc1NC(=O)C1CCN(c2nnnn2-c2ccccc2)CC1. The lowest BCUT2D eigenvalue weighted by molar-refractivity contribution is -0.120. The lowest BCUT2D eigenvalue weighted by atomic mass is 9.96. The van der Waals surface area contributed by atoms with Crippen molar-refractivity contribution < 1.29 is 9.53 Å². The summed E-state index contributed by atoms with van der Waals surface area (Å²) < 4.78 is 7.04. The van der Waals surface area contributed by atoms with Gasteiger partial charge in [-0.25, -0.2) is 0 Å². The van der Waals surface area contributed by atoms with Gasteiger partial charge in [-0.3, -0.25) is 4.79 Å². The average Bonchev–Trinajstić information content (AvgIpc) is 3.25. The third kappa shape index (κ3) is 3.66. The number of nitrogens with zero attached hydrogens (tertiary/aromatic N) is 5. The maximum absolute atomic E-state index is 12.7. The number of carbonyl (C=O) groups is 1. The van der Waals surface area contributed by atoms with E-state index in [1.165, 1.54) is 0 Å². The molecule has 0 radical (unpaired) electrons. The number of nitrogens with one attached hydrogen (secondary N) is 1. The number of hydrogen-bond donors (Lipinski definition) is 1. The molecule has 0 atom stereocenters. The molecule has 1 aliphatic rings. The van der Waals surface area contributed by atoms with Crippen LogP contribution in [-0.2, 0) is 4.79 Å². The number of hydrogen-bond acceptors (Lipinski definition) is 6. The van der Waals surface area contributed by atoms with E-state index in [1.54, 1.807) is 11.8 Å². The fourth-order valence-corrected chi connectivity index (χ4v) is 3.44. The molecule has 1 aromatic heterocycles. The molecule has 4 rings (SSSR count). The Kier molecular flexibility index (Phi) is 5.18. The number of tetrazole rings is 1. The number of ether oxygens (including phenoxy) is 1. The van der Waals surface area contributed by atoms with Crippen LogP contribution in [0.4, 0.5) is 11.6 Å². The minimum Gasteiger partial charge on any atom is -0.495 e. The number of para-hydroxylation sites is 3. The smallest absolute Gasteiger partial charge is 0.250 e. The van der Waals surface area contributed by atoms with Crippen LogP contribution in [0.15, 0.2) is 54.6 Å². The molecular weight excluding hydrogens is 356 g/mol. The number of piperidine rings is 1. The van der Waals surface area contributed by atoms with Crippen molar-refractivity contribution in [1.82, 2.24) is 20.2 Å². The zero-order valence-corrected chi connectivity index (χ0v) is 15.7. The minimum absolute atomic E-state index is 0.0202. The first-order valence-corrected chi connectivity index (χ1v) is 9.29. The normalized spacial score (nSPS) is 14.7. The van der Waals surface area contributed by atoms with Gasteiger partial charge in [0.1, 0.15) is 5.75 Å². The summed E-state index contributed by atoms with van der Waals surface area (Å²) >= 11 is 0. The van der Waals surface area contributed by atoms with Crippen LogP contribution in [0.1, 0.15) is 12.8 Å². The summed E-state index contributed by atoms with van der Waals surface area (Å²) in [5, 5.41) is 15.1. The van der Waals surface area contributed by atoms with Crippen LogP contribution in [0.3, 0.4) is 0 Å². The van der Waals surface area contributed by atoms with Gasteiger partial charge < -0.3 is 15.0 Å². The summed E-state index contributed by atoms with van der Waals surface area (Å²) in [6.45, 7) is 1.44. The highest BCUT2D eigenvalue weighted by Gasteiger charge is 2.28. The second kappa shape index (κ2) is 8.08. The van der Waals surface area contributed by atoms with E-state index in [4.69, 9.17) is 4.74 Å². The van der Waals surface area contributed by atoms with Crippen molar-refractivity contribution in [2.24, 2.45) is 5.92 Å². The molecule has 144 valence electrons. The molecule has 8 nitrogen and oxygen atoms in total. The number of carbonyl (C=O) groups excluding carboxylic acids is 1. The molecule has 2 aromatic carbocycles. The number of benzene rings is 2. The molecule has 0 unspecified atom stereocenters. The van der Waals surface area contributed by atoms with Gasteiger partial charge >= 0.3 is 0 Å². The Morgan fingerprint density at radius 2 is 1.79 bits per heavy atom. The van der Waals surface area contributed by atoms with Crippen molar-refractivity contribution in [3.05, 3.63) is 54.6 Å². The van der Waals surface area contributed by atoms with Gasteiger partial charge in [-0.15, -0.1) is 0 Å². The van der Waals surface area contributed by atoms with Crippen molar-refractivity contribution in [3.63, 3.8) is 0 Å². The van der Waals surface area contributed by atoms with Crippen LogP contribution in [-0.4, -0.2) is 46.3 Å². The molecule has 1 aliphatic heterocycles. The molecule has 1 N–H and O–H groups in total. The van der Waals surface area contributed by atoms with Gasteiger partial charge in [0.15, 0.2) is 0 Å². The number of methoxy groups -OCH3 is 1.